The zero-order valence-corrected chi connectivity index (χ0v) is 11.0. The van der Waals surface area contributed by atoms with E-state index in [1.165, 1.54) is 13.2 Å². The van der Waals surface area contributed by atoms with Gasteiger partial charge < -0.3 is 4.74 Å². The van der Waals surface area contributed by atoms with E-state index < -0.39 is 0 Å². The SMILES string of the molecule is COc1ccc(CCCC(=O)NN(C)C)cc1F. The number of carbonyl (C=O) groups excluding carboxylic acids is 1. The zero-order chi connectivity index (χ0) is 13.5. The van der Waals surface area contributed by atoms with Crippen molar-refractivity contribution >= 4 is 5.91 Å². The van der Waals surface area contributed by atoms with E-state index in [0.29, 0.717) is 19.3 Å². The fourth-order valence-electron chi connectivity index (χ4n) is 1.62. The van der Waals surface area contributed by atoms with Crippen LogP contribution in [-0.4, -0.2) is 32.1 Å². The first-order chi connectivity index (χ1) is 8.52. The van der Waals surface area contributed by atoms with E-state index in [0.717, 1.165) is 5.56 Å². The predicted molar refractivity (Wildman–Crippen MR) is 67.7 cm³/mol. The largest absolute Gasteiger partial charge is 0.494 e. The van der Waals surface area contributed by atoms with Crippen LogP contribution in [0.2, 0.25) is 0 Å². The zero-order valence-electron chi connectivity index (χ0n) is 11.0. The standard InChI is InChI=1S/C13H19FN2O2/c1-16(2)15-13(17)6-4-5-10-7-8-12(18-3)11(14)9-10/h7-9H,4-6H2,1-3H3,(H,15,17). The van der Waals surface area contributed by atoms with Gasteiger partial charge in [0.1, 0.15) is 0 Å². The first-order valence-corrected chi connectivity index (χ1v) is 5.82. The maximum atomic E-state index is 13.4. The normalized spacial score (nSPS) is 10.5. The number of nitrogens with one attached hydrogen (secondary N) is 1. The Labute approximate surface area is 107 Å². The van der Waals surface area contributed by atoms with Crippen molar-refractivity contribution < 1.29 is 13.9 Å². The number of amides is 1. The molecule has 0 saturated carbocycles. The Hall–Kier alpha value is -1.62. The molecular formula is C13H19FN2O2. The summed E-state index contributed by atoms with van der Waals surface area (Å²) in [6.07, 6.45) is 1.78. The second-order valence-corrected chi connectivity index (χ2v) is 4.25. The third kappa shape index (κ3) is 4.71. The summed E-state index contributed by atoms with van der Waals surface area (Å²) in [6.45, 7) is 0. The topological polar surface area (TPSA) is 41.6 Å². The van der Waals surface area contributed by atoms with Crippen LogP contribution in [-0.2, 0) is 11.2 Å². The Morgan fingerprint density at radius 1 is 1.44 bits per heavy atom. The molecule has 1 amide bonds. The highest BCUT2D eigenvalue weighted by molar-refractivity contribution is 5.75. The lowest BCUT2D eigenvalue weighted by atomic mass is 10.1. The summed E-state index contributed by atoms with van der Waals surface area (Å²) in [5, 5.41) is 1.61. The second-order valence-electron chi connectivity index (χ2n) is 4.25. The lowest BCUT2D eigenvalue weighted by molar-refractivity contribution is -0.124. The molecule has 0 fully saturated rings. The number of halogens is 1. The Morgan fingerprint density at radius 2 is 2.17 bits per heavy atom. The van der Waals surface area contributed by atoms with Gasteiger partial charge in [-0.1, -0.05) is 6.07 Å². The molecule has 100 valence electrons. The molecule has 0 unspecified atom stereocenters. The van der Waals surface area contributed by atoms with Crippen molar-refractivity contribution in [2.75, 3.05) is 21.2 Å². The van der Waals surface area contributed by atoms with Gasteiger partial charge in [0.25, 0.3) is 0 Å². The monoisotopic (exact) mass is 254 g/mol. The van der Waals surface area contributed by atoms with Crippen LogP contribution in [0.3, 0.4) is 0 Å². The van der Waals surface area contributed by atoms with Crippen molar-refractivity contribution in [2.45, 2.75) is 19.3 Å². The van der Waals surface area contributed by atoms with E-state index >= 15 is 0 Å². The fraction of sp³-hybridized carbons (Fsp3) is 0.462. The third-order valence-electron chi connectivity index (χ3n) is 2.43. The fourth-order valence-corrected chi connectivity index (χ4v) is 1.62. The molecule has 0 atom stereocenters. The summed E-state index contributed by atoms with van der Waals surface area (Å²) in [4.78, 5) is 11.4. The van der Waals surface area contributed by atoms with E-state index in [-0.39, 0.29) is 17.5 Å². The summed E-state index contributed by atoms with van der Waals surface area (Å²) in [5.41, 5.74) is 3.53. The van der Waals surface area contributed by atoms with Crippen molar-refractivity contribution in [3.63, 3.8) is 0 Å². The number of nitrogens with zero attached hydrogens (tertiary/aromatic N) is 1. The highest BCUT2D eigenvalue weighted by atomic mass is 19.1. The van der Waals surface area contributed by atoms with Crippen molar-refractivity contribution in [1.82, 2.24) is 10.4 Å². The molecule has 0 saturated heterocycles. The Kier molecular flexibility index (Phi) is 5.58. The molecule has 0 aliphatic rings. The summed E-state index contributed by atoms with van der Waals surface area (Å²) in [5.74, 6) is -0.161. The Morgan fingerprint density at radius 3 is 2.72 bits per heavy atom. The lowest BCUT2D eigenvalue weighted by Gasteiger charge is -2.11. The summed E-state index contributed by atoms with van der Waals surface area (Å²) < 4.78 is 18.2. The number of hydrogen-bond acceptors (Lipinski definition) is 3. The molecular weight excluding hydrogens is 235 g/mol. The number of aryl methyl sites for hydroxylation is 1. The van der Waals surface area contributed by atoms with Crippen molar-refractivity contribution in [2.24, 2.45) is 0 Å². The molecule has 0 heterocycles. The molecule has 0 bridgehead atoms. The number of methoxy groups -OCH3 is 1. The minimum Gasteiger partial charge on any atom is -0.494 e. The first-order valence-electron chi connectivity index (χ1n) is 5.82. The first kappa shape index (κ1) is 14.4. The molecule has 1 aromatic rings. The summed E-state index contributed by atoms with van der Waals surface area (Å²) in [7, 11) is 4.96. The maximum Gasteiger partial charge on any atom is 0.234 e. The average molecular weight is 254 g/mol. The molecule has 0 aromatic heterocycles. The van der Waals surface area contributed by atoms with Crippen LogP contribution >= 0.6 is 0 Å². The number of hydrogen-bond donors (Lipinski definition) is 1. The molecule has 18 heavy (non-hydrogen) atoms. The number of benzene rings is 1. The average Bonchev–Trinajstić information content (AvgIpc) is 2.28. The molecule has 1 N–H and O–H groups in total. The van der Waals surface area contributed by atoms with Crippen LogP contribution in [0.15, 0.2) is 18.2 Å². The minimum atomic E-state index is -0.368. The van der Waals surface area contributed by atoms with Crippen LogP contribution < -0.4 is 10.2 Å². The second kappa shape index (κ2) is 6.96. The van der Waals surface area contributed by atoms with Crippen LogP contribution in [0.4, 0.5) is 4.39 Å². The molecule has 5 heteroatoms. The smallest absolute Gasteiger partial charge is 0.234 e. The van der Waals surface area contributed by atoms with Crippen molar-refractivity contribution in [3.8, 4) is 5.75 Å². The number of ether oxygens (including phenoxy) is 1. The molecule has 0 spiro atoms. The van der Waals surface area contributed by atoms with Gasteiger partial charge in [-0.15, -0.1) is 0 Å². The Bertz CT molecular complexity index is 408. The molecule has 1 rings (SSSR count). The van der Waals surface area contributed by atoms with Crippen LogP contribution in [0.5, 0.6) is 5.75 Å². The number of hydrazine groups is 1. The third-order valence-corrected chi connectivity index (χ3v) is 2.43. The lowest BCUT2D eigenvalue weighted by Crippen LogP contribution is -2.35. The van der Waals surface area contributed by atoms with Gasteiger partial charge >= 0.3 is 0 Å². The number of rotatable bonds is 6. The molecule has 0 radical (unpaired) electrons. The van der Waals surface area contributed by atoms with Crippen molar-refractivity contribution in [1.29, 1.82) is 0 Å². The number of carbonyl (C=O) groups is 1. The van der Waals surface area contributed by atoms with E-state index in [4.69, 9.17) is 4.74 Å². The van der Waals surface area contributed by atoms with Gasteiger partial charge in [-0.2, -0.15) is 0 Å². The van der Waals surface area contributed by atoms with Gasteiger partial charge in [0.05, 0.1) is 7.11 Å². The molecule has 4 nitrogen and oxygen atoms in total. The van der Waals surface area contributed by atoms with Gasteiger partial charge in [0, 0.05) is 20.5 Å². The van der Waals surface area contributed by atoms with E-state index in [1.54, 1.807) is 25.2 Å². The van der Waals surface area contributed by atoms with Gasteiger partial charge in [-0.25, -0.2) is 9.40 Å². The highest BCUT2D eigenvalue weighted by Crippen LogP contribution is 2.18. The highest BCUT2D eigenvalue weighted by Gasteiger charge is 2.05. The quantitative estimate of drug-likeness (QED) is 0.786. The minimum absolute atomic E-state index is 0.0333. The maximum absolute atomic E-state index is 13.4. The molecule has 1 aromatic carbocycles. The molecule has 0 aliphatic carbocycles. The van der Waals surface area contributed by atoms with Gasteiger partial charge in [0.15, 0.2) is 11.6 Å². The van der Waals surface area contributed by atoms with Crippen LogP contribution in [0.1, 0.15) is 18.4 Å². The van der Waals surface area contributed by atoms with Crippen LogP contribution in [0, 0.1) is 5.82 Å². The van der Waals surface area contributed by atoms with Gasteiger partial charge in [-0.3, -0.25) is 10.2 Å². The van der Waals surface area contributed by atoms with Gasteiger partial charge in [0.2, 0.25) is 5.91 Å². The molecule has 0 aliphatic heterocycles. The van der Waals surface area contributed by atoms with E-state index in [1.807, 2.05) is 6.07 Å². The Balaban J connectivity index is 2.40. The summed E-state index contributed by atoms with van der Waals surface area (Å²) in [6, 6.07) is 4.86. The van der Waals surface area contributed by atoms with Crippen molar-refractivity contribution in [3.05, 3.63) is 29.6 Å². The predicted octanol–water partition coefficient (Wildman–Crippen LogP) is 1.75. The van der Waals surface area contributed by atoms with E-state index in [2.05, 4.69) is 5.43 Å². The van der Waals surface area contributed by atoms with Gasteiger partial charge in [-0.05, 0) is 30.5 Å². The summed E-state index contributed by atoms with van der Waals surface area (Å²) >= 11 is 0. The van der Waals surface area contributed by atoms with E-state index in [9.17, 15) is 9.18 Å². The van der Waals surface area contributed by atoms with Crippen LogP contribution in [0.25, 0.3) is 0 Å².